The quantitative estimate of drug-likeness (QED) is 0.327. The first-order valence-corrected chi connectivity index (χ1v) is 7.72. The average molecular weight is 470 g/mol. The highest BCUT2D eigenvalue weighted by Crippen LogP contribution is 2.80. The summed E-state index contributed by atoms with van der Waals surface area (Å²) in [6.07, 6.45) is -5.70. The Morgan fingerprint density at radius 2 is 1.27 bits per heavy atom. The molecule has 15 heteroatoms. The number of ether oxygens (including phenoxy) is 1. The van der Waals surface area contributed by atoms with Gasteiger partial charge in [-0.1, -0.05) is 6.58 Å². The number of alkyl halides is 13. The number of halogens is 13. The summed E-state index contributed by atoms with van der Waals surface area (Å²) in [6, 6.07) is 0. The summed E-state index contributed by atoms with van der Waals surface area (Å²) in [7, 11) is 0. The summed E-state index contributed by atoms with van der Waals surface area (Å²) >= 11 is 0. The number of rotatable bonds is 3. The largest absolute Gasteiger partial charge is 0.461 e. The molecule has 4 unspecified atom stereocenters. The molecule has 0 aromatic rings. The maximum Gasteiger partial charge on any atom is 0.333 e. The molecular weight excluding hydrogens is 459 g/mol. The second-order valence-corrected chi connectivity index (χ2v) is 7.25. The van der Waals surface area contributed by atoms with Gasteiger partial charge < -0.3 is 4.74 Å². The SMILES string of the molecule is C=C(C)C(=O)OCC12C(F)(F)C(F)C(F)(F)C(F)(C(F)(F)C(C)(F)C1(F)F)C2(F)F. The van der Waals surface area contributed by atoms with Crippen molar-refractivity contribution in [3.05, 3.63) is 12.2 Å². The van der Waals surface area contributed by atoms with Gasteiger partial charge in [-0.05, 0) is 13.8 Å². The van der Waals surface area contributed by atoms with E-state index >= 15 is 0 Å². The lowest BCUT2D eigenvalue weighted by molar-refractivity contribution is -0.527. The minimum atomic E-state index is -7.23. The van der Waals surface area contributed by atoms with E-state index in [-0.39, 0.29) is 0 Å². The summed E-state index contributed by atoms with van der Waals surface area (Å²) in [5.74, 6) is -37.0. The van der Waals surface area contributed by atoms with E-state index in [0.29, 0.717) is 0 Å². The first-order chi connectivity index (χ1) is 13.0. The van der Waals surface area contributed by atoms with Gasteiger partial charge >= 0.3 is 41.3 Å². The van der Waals surface area contributed by atoms with Gasteiger partial charge in [-0.25, -0.2) is 44.3 Å². The molecule has 0 spiro atoms. The van der Waals surface area contributed by atoms with Crippen LogP contribution in [0.25, 0.3) is 0 Å². The third-order valence-corrected chi connectivity index (χ3v) is 5.55. The number of hydrogen-bond acceptors (Lipinski definition) is 2. The molecule has 0 aromatic carbocycles. The normalized spacial score (nSPS) is 42.3. The lowest BCUT2D eigenvalue weighted by atomic mass is 9.47. The lowest BCUT2D eigenvalue weighted by Gasteiger charge is -2.66. The van der Waals surface area contributed by atoms with Crippen LogP contribution in [0.5, 0.6) is 0 Å². The number of fused-ring (bicyclic) bond motifs is 2. The zero-order chi connectivity index (χ0) is 24.1. The highest BCUT2D eigenvalue weighted by Gasteiger charge is 3.09. The Balaban J connectivity index is 3.04. The van der Waals surface area contributed by atoms with Crippen molar-refractivity contribution < 1.29 is 66.6 Å². The molecule has 2 nitrogen and oxygen atoms in total. The fraction of sp³-hybridized carbons (Fsp3) is 0.800. The van der Waals surface area contributed by atoms with Gasteiger partial charge in [-0.2, -0.15) is 17.6 Å². The molecule has 174 valence electrons. The fourth-order valence-electron chi connectivity index (χ4n) is 3.64. The molecule has 2 fully saturated rings. The minimum Gasteiger partial charge on any atom is -0.461 e. The van der Waals surface area contributed by atoms with E-state index < -0.39 is 77.6 Å². The molecule has 0 aliphatic heterocycles. The molecule has 2 saturated carbocycles. The highest BCUT2D eigenvalue weighted by molar-refractivity contribution is 5.87. The average Bonchev–Trinajstić information content (AvgIpc) is 2.57. The van der Waals surface area contributed by atoms with Crippen LogP contribution in [-0.4, -0.2) is 59.7 Å². The molecular formula is C15H11F13O2. The lowest BCUT2D eigenvalue weighted by Crippen LogP contribution is -2.95. The number of carbonyl (C=O) groups is 1. The molecule has 4 atom stereocenters. The third-order valence-electron chi connectivity index (χ3n) is 5.55. The van der Waals surface area contributed by atoms with Crippen LogP contribution in [0.3, 0.4) is 0 Å². The molecule has 30 heavy (non-hydrogen) atoms. The smallest absolute Gasteiger partial charge is 0.333 e. The van der Waals surface area contributed by atoms with Crippen LogP contribution in [0.15, 0.2) is 12.2 Å². The van der Waals surface area contributed by atoms with E-state index in [1.807, 2.05) is 0 Å². The van der Waals surface area contributed by atoms with Gasteiger partial charge in [-0.3, -0.25) is 0 Å². The van der Waals surface area contributed by atoms with Gasteiger partial charge in [0.25, 0.3) is 0 Å². The summed E-state index contributed by atoms with van der Waals surface area (Å²) in [6.45, 7) is -0.751. The fourth-order valence-corrected chi connectivity index (χ4v) is 3.64. The first-order valence-electron chi connectivity index (χ1n) is 7.72. The van der Waals surface area contributed by atoms with Crippen LogP contribution in [0.1, 0.15) is 13.8 Å². The van der Waals surface area contributed by atoms with Gasteiger partial charge in [0, 0.05) is 5.57 Å². The van der Waals surface area contributed by atoms with E-state index in [4.69, 9.17) is 0 Å². The first kappa shape index (κ1) is 24.6. The minimum absolute atomic E-state index is 0.717. The Morgan fingerprint density at radius 3 is 1.67 bits per heavy atom. The van der Waals surface area contributed by atoms with Crippen molar-refractivity contribution in [1.82, 2.24) is 0 Å². The highest BCUT2D eigenvalue weighted by atomic mass is 19.3. The van der Waals surface area contributed by atoms with Crippen molar-refractivity contribution in [2.45, 2.75) is 61.0 Å². The molecule has 0 aromatic heterocycles. The molecule has 0 radical (unpaired) electrons. The Morgan fingerprint density at radius 1 is 0.833 bits per heavy atom. The van der Waals surface area contributed by atoms with Crippen LogP contribution in [0, 0.1) is 5.41 Å². The van der Waals surface area contributed by atoms with Crippen LogP contribution < -0.4 is 0 Å². The van der Waals surface area contributed by atoms with Gasteiger partial charge in [-0.15, -0.1) is 0 Å². The predicted octanol–water partition coefficient (Wildman–Crippen LogP) is 5.07. The van der Waals surface area contributed by atoms with E-state index in [9.17, 15) is 61.9 Å². The van der Waals surface area contributed by atoms with Gasteiger partial charge in [0.1, 0.15) is 6.61 Å². The molecule has 2 bridgehead atoms. The Kier molecular flexibility index (Phi) is 4.71. The van der Waals surface area contributed by atoms with Crippen LogP contribution in [0.2, 0.25) is 0 Å². The van der Waals surface area contributed by atoms with Crippen molar-refractivity contribution in [3.63, 3.8) is 0 Å². The van der Waals surface area contributed by atoms with Crippen molar-refractivity contribution >= 4 is 5.97 Å². The monoisotopic (exact) mass is 470 g/mol. The number of hydrogen-bond donors (Lipinski definition) is 0. The van der Waals surface area contributed by atoms with Crippen LogP contribution in [0.4, 0.5) is 57.1 Å². The second-order valence-electron chi connectivity index (χ2n) is 7.25. The van der Waals surface area contributed by atoms with E-state index in [1.54, 1.807) is 0 Å². The molecule has 2 aliphatic rings. The van der Waals surface area contributed by atoms with E-state index in [2.05, 4.69) is 11.3 Å². The molecule has 0 heterocycles. The zero-order valence-electron chi connectivity index (χ0n) is 14.7. The van der Waals surface area contributed by atoms with Crippen molar-refractivity contribution in [3.8, 4) is 0 Å². The summed E-state index contributed by atoms with van der Waals surface area (Å²) < 4.78 is 190. The summed E-state index contributed by atoms with van der Waals surface area (Å²) in [5.41, 5.74) is -20.5. The standard InChI is InChI=1S/C15H11F13O2/c1-5(2)6(29)30-4-9-10(18,19)7(16)11(20,21)12(22,15(9,27)28)14(25,26)8(3,17)13(9,23)24/h7H,1,4H2,2-3H3. The number of esters is 1. The van der Waals surface area contributed by atoms with Gasteiger partial charge in [0.15, 0.2) is 0 Å². The second kappa shape index (κ2) is 5.75. The van der Waals surface area contributed by atoms with E-state index in [0.717, 1.165) is 6.92 Å². The topological polar surface area (TPSA) is 26.3 Å². The Labute approximate surface area is 159 Å². The Bertz CT molecular complexity index is 789. The van der Waals surface area contributed by atoms with Crippen LogP contribution >= 0.6 is 0 Å². The third kappa shape index (κ3) is 1.98. The summed E-state index contributed by atoms with van der Waals surface area (Å²) in [5, 5.41) is 0. The molecule has 2 rings (SSSR count). The van der Waals surface area contributed by atoms with Crippen molar-refractivity contribution in [2.75, 3.05) is 6.61 Å². The van der Waals surface area contributed by atoms with E-state index in [1.165, 1.54) is 0 Å². The summed E-state index contributed by atoms with van der Waals surface area (Å²) in [4.78, 5) is 11.3. The number of carbonyl (C=O) groups excluding carboxylic acids is 1. The zero-order valence-corrected chi connectivity index (χ0v) is 14.7. The van der Waals surface area contributed by atoms with Gasteiger partial charge in [0.05, 0.1) is 0 Å². The van der Waals surface area contributed by atoms with Crippen molar-refractivity contribution in [1.29, 1.82) is 0 Å². The maximum atomic E-state index is 14.7. The molecule has 0 N–H and O–H groups in total. The van der Waals surface area contributed by atoms with Gasteiger partial charge in [0.2, 0.25) is 17.3 Å². The maximum absolute atomic E-state index is 14.7. The Hall–Kier alpha value is -1.70. The van der Waals surface area contributed by atoms with Crippen molar-refractivity contribution in [2.24, 2.45) is 5.41 Å². The molecule has 0 saturated heterocycles. The molecule has 0 amide bonds. The van der Waals surface area contributed by atoms with Crippen LogP contribution in [-0.2, 0) is 9.53 Å². The molecule has 2 aliphatic carbocycles. The predicted molar refractivity (Wildman–Crippen MR) is 71.2 cm³/mol.